The highest BCUT2D eigenvalue weighted by Crippen LogP contribution is 2.58. The summed E-state index contributed by atoms with van der Waals surface area (Å²) in [6, 6.07) is 17.2. The van der Waals surface area contributed by atoms with Gasteiger partial charge in [-0.3, -0.25) is 4.79 Å². The maximum Gasteiger partial charge on any atom is 0.325 e. The Morgan fingerprint density at radius 3 is 2.52 bits per heavy atom. The Hall–Kier alpha value is -2.23. The Balaban J connectivity index is 1.64. The van der Waals surface area contributed by atoms with Crippen LogP contribution in [0, 0.1) is 5.92 Å². The van der Waals surface area contributed by atoms with Crippen molar-refractivity contribution in [2.75, 3.05) is 0 Å². The van der Waals surface area contributed by atoms with Crippen LogP contribution >= 0.6 is 22.9 Å². The van der Waals surface area contributed by atoms with Crippen LogP contribution in [0.15, 0.2) is 64.9 Å². The molecule has 1 saturated carbocycles. The normalized spacial score (nSPS) is 22.9. The molecule has 0 amide bonds. The molecule has 1 aromatic heterocycles. The lowest BCUT2D eigenvalue weighted by atomic mass is 10.1. The van der Waals surface area contributed by atoms with Gasteiger partial charge >= 0.3 is 5.97 Å². The lowest BCUT2D eigenvalue weighted by Gasteiger charge is -2.15. The minimum Gasteiger partial charge on any atom is -0.480 e. The standard InChI is InChI=1S/C22H20ClNO5S2/c1-13-20(14-5-3-2-4-6-14)22(13,21(26)27)24-31(28,29)19-10-9-18(30-19)15-7-8-17(23)16(11-15)12-25/h2-11,13,20,24-25H,12H2,1H3,(H,26,27)/t13?,20-,22-/m0/s1. The van der Waals surface area contributed by atoms with Crippen LogP contribution in [0.25, 0.3) is 10.4 Å². The minimum absolute atomic E-state index is 0.0227. The molecule has 4 rings (SSSR count). The first kappa shape index (κ1) is 22.0. The molecular weight excluding hydrogens is 458 g/mol. The van der Waals surface area contributed by atoms with Gasteiger partial charge in [0.2, 0.25) is 0 Å². The first-order chi connectivity index (χ1) is 14.7. The van der Waals surface area contributed by atoms with Crippen molar-refractivity contribution in [1.29, 1.82) is 0 Å². The monoisotopic (exact) mass is 477 g/mol. The van der Waals surface area contributed by atoms with Crippen molar-refractivity contribution in [3.63, 3.8) is 0 Å². The number of carboxylic acids is 1. The fourth-order valence-corrected chi connectivity index (χ4v) is 6.98. The molecule has 0 saturated heterocycles. The zero-order valence-corrected chi connectivity index (χ0v) is 18.8. The topological polar surface area (TPSA) is 104 Å². The van der Waals surface area contributed by atoms with E-state index in [0.29, 0.717) is 15.5 Å². The van der Waals surface area contributed by atoms with E-state index in [1.807, 2.05) is 18.2 Å². The van der Waals surface area contributed by atoms with Gasteiger partial charge in [0.1, 0.15) is 9.75 Å². The van der Waals surface area contributed by atoms with Crippen molar-refractivity contribution in [2.24, 2.45) is 5.92 Å². The predicted molar refractivity (Wildman–Crippen MR) is 120 cm³/mol. The van der Waals surface area contributed by atoms with Gasteiger partial charge in [0, 0.05) is 15.8 Å². The fourth-order valence-electron chi connectivity index (χ4n) is 4.04. The Labute approximate surface area is 189 Å². The third-order valence-electron chi connectivity index (χ3n) is 5.76. The summed E-state index contributed by atoms with van der Waals surface area (Å²) in [6.45, 7) is 1.50. The predicted octanol–water partition coefficient (Wildman–Crippen LogP) is 4.10. The van der Waals surface area contributed by atoms with Crippen LogP contribution in [0.1, 0.15) is 24.0 Å². The minimum atomic E-state index is -4.07. The lowest BCUT2D eigenvalue weighted by molar-refractivity contribution is -0.140. The second kappa shape index (κ2) is 8.03. The van der Waals surface area contributed by atoms with Crippen LogP contribution in [0.4, 0.5) is 0 Å². The molecule has 9 heteroatoms. The summed E-state index contributed by atoms with van der Waals surface area (Å²) in [5.41, 5.74) is 0.450. The van der Waals surface area contributed by atoms with E-state index >= 15 is 0 Å². The van der Waals surface area contributed by atoms with Crippen LogP contribution in [-0.2, 0) is 21.4 Å². The summed E-state index contributed by atoms with van der Waals surface area (Å²) in [5.74, 6) is -2.05. The number of halogens is 1. The zero-order chi connectivity index (χ0) is 22.4. The molecule has 3 atom stereocenters. The molecule has 1 heterocycles. The van der Waals surface area contributed by atoms with Crippen LogP contribution in [0.5, 0.6) is 0 Å². The average molecular weight is 478 g/mol. The molecule has 0 spiro atoms. The van der Waals surface area contributed by atoms with Crippen LogP contribution in [0.2, 0.25) is 5.02 Å². The maximum absolute atomic E-state index is 13.1. The Kier molecular flexibility index (Phi) is 5.70. The molecule has 1 aliphatic carbocycles. The summed E-state index contributed by atoms with van der Waals surface area (Å²) < 4.78 is 28.7. The first-order valence-corrected chi connectivity index (χ1v) is 12.2. The van der Waals surface area contributed by atoms with Crippen molar-refractivity contribution in [3.8, 4) is 10.4 Å². The second-order valence-corrected chi connectivity index (χ2v) is 10.9. The number of aliphatic hydroxyl groups excluding tert-OH is 1. The molecule has 1 fully saturated rings. The van der Waals surface area contributed by atoms with E-state index in [9.17, 15) is 23.4 Å². The summed E-state index contributed by atoms with van der Waals surface area (Å²) >= 11 is 7.06. The molecule has 1 unspecified atom stereocenters. The largest absolute Gasteiger partial charge is 0.480 e. The molecule has 0 aliphatic heterocycles. The summed E-state index contributed by atoms with van der Waals surface area (Å²) in [6.07, 6.45) is 0. The third-order valence-corrected chi connectivity index (χ3v) is 9.24. The number of rotatable bonds is 7. The first-order valence-electron chi connectivity index (χ1n) is 9.52. The number of carbonyl (C=O) groups is 1. The van der Waals surface area contributed by atoms with Crippen molar-refractivity contribution in [1.82, 2.24) is 4.72 Å². The maximum atomic E-state index is 13.1. The van der Waals surface area contributed by atoms with Gasteiger partial charge < -0.3 is 10.2 Å². The number of sulfonamides is 1. The molecule has 1 aliphatic rings. The molecule has 0 radical (unpaired) electrons. The van der Waals surface area contributed by atoms with Gasteiger partial charge in [-0.1, -0.05) is 54.9 Å². The van der Waals surface area contributed by atoms with Gasteiger partial charge in [0.25, 0.3) is 10.0 Å². The number of hydrogen-bond donors (Lipinski definition) is 3. The summed E-state index contributed by atoms with van der Waals surface area (Å²) in [7, 11) is -4.07. The molecular formula is C22H20ClNO5S2. The number of nitrogens with one attached hydrogen (secondary N) is 1. The molecule has 3 N–H and O–H groups in total. The van der Waals surface area contributed by atoms with E-state index in [1.165, 1.54) is 6.07 Å². The number of thiophene rings is 1. The highest BCUT2D eigenvalue weighted by Gasteiger charge is 2.70. The van der Waals surface area contributed by atoms with Gasteiger partial charge in [-0.2, -0.15) is 4.72 Å². The van der Waals surface area contributed by atoms with Gasteiger partial charge in [0.15, 0.2) is 0 Å². The molecule has 31 heavy (non-hydrogen) atoms. The van der Waals surface area contributed by atoms with E-state index in [-0.39, 0.29) is 10.8 Å². The van der Waals surface area contributed by atoms with Crippen molar-refractivity contribution >= 4 is 38.9 Å². The van der Waals surface area contributed by atoms with Gasteiger partial charge in [-0.05, 0) is 46.9 Å². The smallest absolute Gasteiger partial charge is 0.325 e. The van der Waals surface area contributed by atoms with Crippen LogP contribution in [0.3, 0.4) is 0 Å². The fraction of sp³-hybridized carbons (Fsp3) is 0.227. The Bertz CT molecular complexity index is 1240. The van der Waals surface area contributed by atoms with Gasteiger partial charge in [0.05, 0.1) is 6.61 Å². The number of aliphatic carboxylic acids is 1. The van der Waals surface area contributed by atoms with Crippen LogP contribution in [-0.4, -0.2) is 30.1 Å². The van der Waals surface area contributed by atoms with Crippen molar-refractivity contribution < 1.29 is 23.4 Å². The number of aliphatic hydroxyl groups is 1. The zero-order valence-electron chi connectivity index (χ0n) is 16.4. The van der Waals surface area contributed by atoms with E-state index < -0.39 is 33.4 Å². The van der Waals surface area contributed by atoms with Crippen LogP contribution < -0.4 is 4.72 Å². The van der Waals surface area contributed by atoms with E-state index in [0.717, 1.165) is 22.5 Å². The molecule has 162 valence electrons. The number of carboxylic acid groups (broad SMARTS) is 1. The highest BCUT2D eigenvalue weighted by molar-refractivity contribution is 7.91. The average Bonchev–Trinajstić information content (AvgIpc) is 3.10. The summed E-state index contributed by atoms with van der Waals surface area (Å²) in [4.78, 5) is 12.8. The lowest BCUT2D eigenvalue weighted by Crippen LogP contribution is -2.45. The quantitative estimate of drug-likeness (QED) is 0.475. The number of benzene rings is 2. The third kappa shape index (κ3) is 3.79. The van der Waals surface area contributed by atoms with Gasteiger partial charge in [-0.15, -0.1) is 11.3 Å². The Morgan fingerprint density at radius 2 is 1.87 bits per heavy atom. The Morgan fingerprint density at radius 1 is 1.16 bits per heavy atom. The number of hydrogen-bond acceptors (Lipinski definition) is 5. The van der Waals surface area contributed by atoms with E-state index in [4.69, 9.17) is 11.6 Å². The molecule has 2 aromatic carbocycles. The second-order valence-electron chi connectivity index (χ2n) is 7.54. The SMILES string of the molecule is CC1[C@@H](c2ccccc2)[C@]1(NS(=O)(=O)c1ccc(-c2ccc(Cl)c(CO)c2)s1)C(=O)O. The highest BCUT2D eigenvalue weighted by atomic mass is 35.5. The van der Waals surface area contributed by atoms with E-state index in [1.54, 1.807) is 43.3 Å². The molecule has 6 nitrogen and oxygen atoms in total. The van der Waals surface area contributed by atoms with E-state index in [2.05, 4.69) is 4.72 Å². The van der Waals surface area contributed by atoms with Gasteiger partial charge in [-0.25, -0.2) is 8.42 Å². The van der Waals surface area contributed by atoms with Crippen molar-refractivity contribution in [2.45, 2.75) is 29.2 Å². The van der Waals surface area contributed by atoms with Crippen molar-refractivity contribution in [3.05, 3.63) is 76.8 Å². The summed E-state index contributed by atoms with van der Waals surface area (Å²) in [5, 5.41) is 19.8. The molecule has 3 aromatic rings. The molecule has 0 bridgehead atoms.